The van der Waals surface area contributed by atoms with Gasteiger partial charge >= 0.3 is 0 Å². The number of hydrogen-bond donors (Lipinski definition) is 1. The Morgan fingerprint density at radius 2 is 1.56 bits per heavy atom. The lowest BCUT2D eigenvalue weighted by atomic mass is 9.71. The molecule has 1 spiro atoms. The van der Waals surface area contributed by atoms with Crippen molar-refractivity contribution in [2.75, 3.05) is 46.3 Å². The van der Waals surface area contributed by atoms with E-state index in [1.807, 2.05) is 11.9 Å². The third-order valence-corrected chi connectivity index (χ3v) is 6.85. The summed E-state index contributed by atoms with van der Waals surface area (Å²) < 4.78 is 0. The van der Waals surface area contributed by atoms with Gasteiger partial charge in [0, 0.05) is 25.0 Å². The third-order valence-electron chi connectivity index (χ3n) is 6.85. The lowest BCUT2D eigenvalue weighted by Gasteiger charge is -2.54. The van der Waals surface area contributed by atoms with Crippen molar-refractivity contribution in [3.63, 3.8) is 0 Å². The fourth-order valence-electron chi connectivity index (χ4n) is 4.96. The molecular formula is C23H45N3O. The average molecular weight is 380 g/mol. The lowest BCUT2D eigenvalue weighted by Crippen LogP contribution is -2.63. The summed E-state index contributed by atoms with van der Waals surface area (Å²) in [5, 5.41) is 2.98. The number of likely N-dealkylation sites (tertiary alicyclic amines) is 2. The molecule has 0 saturated carbocycles. The summed E-state index contributed by atoms with van der Waals surface area (Å²) >= 11 is 0. The van der Waals surface area contributed by atoms with Gasteiger partial charge in [0.1, 0.15) is 0 Å². The van der Waals surface area contributed by atoms with E-state index in [0.717, 1.165) is 19.0 Å². The smallest absolute Gasteiger partial charge is 0.236 e. The molecule has 0 bridgehead atoms. The minimum atomic E-state index is 0.272. The van der Waals surface area contributed by atoms with Crippen molar-refractivity contribution >= 4 is 5.91 Å². The first-order valence-corrected chi connectivity index (χ1v) is 11.8. The highest BCUT2D eigenvalue weighted by Crippen LogP contribution is 2.40. The van der Waals surface area contributed by atoms with Gasteiger partial charge in [-0.1, -0.05) is 58.8 Å². The Bertz CT molecular complexity index is 410. The summed E-state index contributed by atoms with van der Waals surface area (Å²) in [6, 6.07) is 0. The molecule has 1 amide bonds. The van der Waals surface area contributed by atoms with Crippen LogP contribution in [0.2, 0.25) is 0 Å². The molecule has 4 nitrogen and oxygen atoms in total. The van der Waals surface area contributed by atoms with E-state index in [9.17, 15) is 4.79 Å². The first-order chi connectivity index (χ1) is 13.1. The number of nitrogens with zero attached hydrogens (tertiary/aromatic N) is 2. The maximum Gasteiger partial charge on any atom is 0.236 e. The van der Waals surface area contributed by atoms with E-state index in [-0.39, 0.29) is 5.91 Å². The number of amides is 1. The molecule has 4 heteroatoms. The zero-order valence-corrected chi connectivity index (χ0v) is 18.4. The summed E-state index contributed by atoms with van der Waals surface area (Å²) in [5.41, 5.74) is 0.443. The first-order valence-electron chi connectivity index (χ1n) is 11.8. The first kappa shape index (κ1) is 22.7. The van der Waals surface area contributed by atoms with E-state index in [2.05, 4.69) is 24.1 Å². The molecule has 158 valence electrons. The minimum absolute atomic E-state index is 0.272. The predicted octanol–water partition coefficient (Wildman–Crippen LogP) is 4.30. The van der Waals surface area contributed by atoms with Gasteiger partial charge in [-0.05, 0) is 51.7 Å². The van der Waals surface area contributed by atoms with Crippen LogP contribution < -0.4 is 5.32 Å². The van der Waals surface area contributed by atoms with Crippen LogP contribution in [0.3, 0.4) is 0 Å². The molecule has 2 saturated heterocycles. The number of carbonyl (C=O) groups excluding carboxylic acids is 1. The van der Waals surface area contributed by atoms with E-state index in [1.165, 1.54) is 90.3 Å². The minimum Gasteiger partial charge on any atom is -0.340 e. The number of piperidine rings is 1. The molecule has 0 radical (unpaired) electrons. The highest BCUT2D eigenvalue weighted by Gasteiger charge is 2.46. The van der Waals surface area contributed by atoms with Gasteiger partial charge in [0.15, 0.2) is 0 Å². The number of likely N-dealkylation sites (N-methyl/N-ethyl adjacent to an activating group) is 1. The van der Waals surface area contributed by atoms with Crippen LogP contribution in [0.4, 0.5) is 0 Å². The second kappa shape index (κ2) is 12.1. The van der Waals surface area contributed by atoms with Crippen molar-refractivity contribution in [1.29, 1.82) is 0 Å². The fourth-order valence-corrected chi connectivity index (χ4v) is 4.96. The molecule has 0 aromatic heterocycles. The number of nitrogens with one attached hydrogen (secondary N) is 1. The van der Waals surface area contributed by atoms with Crippen LogP contribution in [-0.4, -0.2) is 62.0 Å². The van der Waals surface area contributed by atoms with Crippen molar-refractivity contribution in [2.45, 2.75) is 84.5 Å². The Labute approximate surface area is 168 Å². The molecule has 2 aliphatic heterocycles. The van der Waals surface area contributed by atoms with E-state index >= 15 is 0 Å². The Morgan fingerprint density at radius 1 is 0.963 bits per heavy atom. The Morgan fingerprint density at radius 3 is 2.15 bits per heavy atom. The number of hydrogen-bond acceptors (Lipinski definition) is 3. The maximum absolute atomic E-state index is 12.0. The SMILES string of the molecule is CCCCCCC(CCCCC)CN1CCC2(CC1)CN(C(=O)CNC)C2. The molecule has 2 heterocycles. The van der Waals surface area contributed by atoms with E-state index in [4.69, 9.17) is 0 Å². The van der Waals surface area contributed by atoms with Crippen molar-refractivity contribution in [3.8, 4) is 0 Å². The molecule has 2 rings (SSSR count). The van der Waals surface area contributed by atoms with Gasteiger partial charge in [0.25, 0.3) is 0 Å². The Hall–Kier alpha value is -0.610. The molecule has 1 N–H and O–H groups in total. The van der Waals surface area contributed by atoms with Gasteiger partial charge in [0.05, 0.1) is 6.54 Å². The van der Waals surface area contributed by atoms with E-state index < -0.39 is 0 Å². The summed E-state index contributed by atoms with van der Waals surface area (Å²) in [5.74, 6) is 1.17. The van der Waals surface area contributed by atoms with Crippen molar-refractivity contribution < 1.29 is 4.79 Å². The fraction of sp³-hybridized carbons (Fsp3) is 0.957. The maximum atomic E-state index is 12.0. The molecule has 2 fully saturated rings. The summed E-state index contributed by atoms with van der Waals surface area (Å²) in [6.45, 7) is 10.9. The molecule has 1 unspecified atom stereocenters. The highest BCUT2D eigenvalue weighted by atomic mass is 16.2. The highest BCUT2D eigenvalue weighted by molar-refractivity contribution is 5.79. The van der Waals surface area contributed by atoms with Gasteiger partial charge in [0.2, 0.25) is 5.91 Å². The number of carbonyl (C=O) groups is 1. The largest absolute Gasteiger partial charge is 0.340 e. The summed E-state index contributed by atoms with van der Waals surface area (Å²) in [4.78, 5) is 16.8. The van der Waals surface area contributed by atoms with Gasteiger partial charge in [-0.3, -0.25) is 4.79 Å². The molecule has 0 aromatic carbocycles. The predicted molar refractivity (Wildman–Crippen MR) is 115 cm³/mol. The van der Waals surface area contributed by atoms with Crippen molar-refractivity contribution in [3.05, 3.63) is 0 Å². The Kier molecular flexibility index (Phi) is 10.1. The molecule has 2 aliphatic rings. The third kappa shape index (κ3) is 7.38. The van der Waals surface area contributed by atoms with Crippen LogP contribution in [-0.2, 0) is 4.79 Å². The quantitative estimate of drug-likeness (QED) is 0.485. The summed E-state index contributed by atoms with van der Waals surface area (Å²) in [7, 11) is 1.85. The Balaban J connectivity index is 1.70. The van der Waals surface area contributed by atoms with Crippen molar-refractivity contribution in [1.82, 2.24) is 15.1 Å². The van der Waals surface area contributed by atoms with Crippen LogP contribution in [0.1, 0.15) is 84.5 Å². The standard InChI is InChI=1S/C23H45N3O/c1-4-6-8-10-12-21(11-9-7-5-2)18-25-15-13-23(14-16-25)19-26(20-23)22(27)17-24-3/h21,24H,4-20H2,1-3H3. The topological polar surface area (TPSA) is 35.6 Å². The number of rotatable bonds is 13. The molecular weight excluding hydrogens is 334 g/mol. The second-order valence-corrected chi connectivity index (χ2v) is 9.29. The van der Waals surface area contributed by atoms with Crippen LogP contribution in [0.25, 0.3) is 0 Å². The van der Waals surface area contributed by atoms with Crippen LogP contribution in [0, 0.1) is 11.3 Å². The second-order valence-electron chi connectivity index (χ2n) is 9.29. The molecule has 0 aromatic rings. The molecule has 1 atom stereocenters. The van der Waals surface area contributed by atoms with Gasteiger partial charge < -0.3 is 15.1 Å². The zero-order valence-electron chi connectivity index (χ0n) is 18.4. The van der Waals surface area contributed by atoms with Crippen LogP contribution in [0.15, 0.2) is 0 Å². The van der Waals surface area contributed by atoms with E-state index in [0.29, 0.717) is 12.0 Å². The summed E-state index contributed by atoms with van der Waals surface area (Å²) in [6.07, 6.45) is 15.1. The average Bonchev–Trinajstić information content (AvgIpc) is 2.64. The monoisotopic (exact) mass is 379 g/mol. The van der Waals surface area contributed by atoms with Crippen LogP contribution in [0.5, 0.6) is 0 Å². The van der Waals surface area contributed by atoms with Gasteiger partial charge in [-0.25, -0.2) is 0 Å². The van der Waals surface area contributed by atoms with Gasteiger partial charge in [-0.2, -0.15) is 0 Å². The normalized spacial score (nSPS) is 20.6. The number of unbranched alkanes of at least 4 members (excludes halogenated alkanes) is 5. The molecule has 0 aliphatic carbocycles. The molecule has 27 heavy (non-hydrogen) atoms. The lowest BCUT2D eigenvalue weighted by molar-refractivity contribution is -0.145. The van der Waals surface area contributed by atoms with Crippen molar-refractivity contribution in [2.24, 2.45) is 11.3 Å². The van der Waals surface area contributed by atoms with E-state index in [1.54, 1.807) is 0 Å². The zero-order chi connectivity index (χ0) is 19.5. The van der Waals surface area contributed by atoms with Gasteiger partial charge in [-0.15, -0.1) is 0 Å². The van der Waals surface area contributed by atoms with Crippen LogP contribution >= 0.6 is 0 Å².